The van der Waals surface area contributed by atoms with Crippen LogP contribution in [0.25, 0.3) is 0 Å². The minimum atomic E-state index is 0.249. The van der Waals surface area contributed by atoms with E-state index in [0.717, 1.165) is 32.5 Å². The van der Waals surface area contributed by atoms with E-state index in [1.54, 1.807) is 0 Å². The lowest BCUT2D eigenvalue weighted by Crippen LogP contribution is -2.55. The zero-order valence-corrected chi connectivity index (χ0v) is 9.32. The van der Waals surface area contributed by atoms with Crippen LogP contribution in [0.15, 0.2) is 0 Å². The van der Waals surface area contributed by atoms with Crippen molar-refractivity contribution in [1.29, 1.82) is 0 Å². The predicted octanol–water partition coefficient (Wildman–Crippen LogP) is 1.02. The van der Waals surface area contributed by atoms with Crippen molar-refractivity contribution < 1.29 is 4.79 Å². The maximum absolute atomic E-state index is 12.1. The number of urea groups is 1. The second kappa shape index (κ2) is 4.84. The van der Waals surface area contributed by atoms with Crippen molar-refractivity contribution in [2.24, 2.45) is 5.73 Å². The van der Waals surface area contributed by atoms with Crippen LogP contribution in [0.1, 0.15) is 32.1 Å². The lowest BCUT2D eigenvalue weighted by molar-refractivity contribution is 0.0828. The summed E-state index contributed by atoms with van der Waals surface area (Å²) in [6, 6.07) is 0.789. The number of hydrogen-bond acceptors (Lipinski definition) is 2. The van der Waals surface area contributed by atoms with Gasteiger partial charge in [0.1, 0.15) is 0 Å². The van der Waals surface area contributed by atoms with Crippen LogP contribution in [0.4, 0.5) is 4.79 Å². The van der Waals surface area contributed by atoms with E-state index < -0.39 is 0 Å². The predicted molar refractivity (Wildman–Crippen MR) is 59.6 cm³/mol. The molecule has 0 bridgehead atoms. The van der Waals surface area contributed by atoms with Crippen LogP contribution in [0.3, 0.4) is 0 Å². The van der Waals surface area contributed by atoms with E-state index in [-0.39, 0.29) is 6.03 Å². The van der Waals surface area contributed by atoms with E-state index in [0.29, 0.717) is 12.6 Å². The fourth-order valence-corrected chi connectivity index (χ4v) is 2.33. The van der Waals surface area contributed by atoms with Crippen LogP contribution in [0.2, 0.25) is 0 Å². The van der Waals surface area contributed by atoms with Crippen LogP contribution in [0, 0.1) is 0 Å². The summed E-state index contributed by atoms with van der Waals surface area (Å²) in [6.45, 7) is 3.39. The molecule has 0 aromatic heterocycles. The van der Waals surface area contributed by atoms with E-state index in [9.17, 15) is 4.79 Å². The Balaban J connectivity index is 1.87. The Kier molecular flexibility index (Phi) is 3.46. The largest absolute Gasteiger partial charge is 0.330 e. The Bertz CT molecular complexity index is 228. The van der Waals surface area contributed by atoms with Gasteiger partial charge in [-0.1, -0.05) is 0 Å². The van der Waals surface area contributed by atoms with Crippen LogP contribution in [-0.4, -0.2) is 48.1 Å². The summed E-state index contributed by atoms with van der Waals surface area (Å²) in [7, 11) is 0. The molecule has 1 aliphatic heterocycles. The Morgan fingerprint density at radius 3 is 2.67 bits per heavy atom. The van der Waals surface area contributed by atoms with E-state index in [4.69, 9.17) is 5.73 Å². The SMILES string of the molecule is NCCCN1CCCN(C2CCC2)C1=O. The van der Waals surface area contributed by atoms with Crippen molar-refractivity contribution in [2.75, 3.05) is 26.2 Å². The van der Waals surface area contributed by atoms with Gasteiger partial charge in [0.25, 0.3) is 0 Å². The first kappa shape index (κ1) is 10.7. The highest BCUT2D eigenvalue weighted by atomic mass is 16.2. The van der Waals surface area contributed by atoms with E-state index in [1.165, 1.54) is 19.3 Å². The molecular weight excluding hydrogens is 190 g/mol. The lowest BCUT2D eigenvalue weighted by atomic mass is 9.91. The van der Waals surface area contributed by atoms with Gasteiger partial charge in [0.2, 0.25) is 0 Å². The van der Waals surface area contributed by atoms with Crippen molar-refractivity contribution >= 4 is 6.03 Å². The molecule has 2 amide bonds. The Morgan fingerprint density at radius 1 is 1.27 bits per heavy atom. The molecule has 0 unspecified atom stereocenters. The number of carbonyl (C=O) groups excluding carboxylic acids is 1. The minimum Gasteiger partial charge on any atom is -0.330 e. The van der Waals surface area contributed by atoms with Gasteiger partial charge in [-0.25, -0.2) is 4.79 Å². The monoisotopic (exact) mass is 211 g/mol. The first-order valence-electron chi connectivity index (χ1n) is 6.08. The normalized spacial score (nSPS) is 23.1. The van der Waals surface area contributed by atoms with Gasteiger partial charge in [-0.3, -0.25) is 0 Å². The van der Waals surface area contributed by atoms with Crippen molar-refractivity contribution in [3.63, 3.8) is 0 Å². The van der Waals surface area contributed by atoms with Gasteiger partial charge in [-0.15, -0.1) is 0 Å². The molecule has 0 aromatic carbocycles. The number of amides is 2. The molecule has 0 aromatic rings. The highest BCUT2D eigenvalue weighted by Crippen LogP contribution is 2.27. The van der Waals surface area contributed by atoms with E-state index >= 15 is 0 Å². The number of carbonyl (C=O) groups is 1. The van der Waals surface area contributed by atoms with Gasteiger partial charge < -0.3 is 15.5 Å². The summed E-state index contributed by atoms with van der Waals surface area (Å²) in [5.74, 6) is 0. The van der Waals surface area contributed by atoms with Crippen molar-refractivity contribution in [3.8, 4) is 0 Å². The molecule has 0 spiro atoms. The number of nitrogens with two attached hydrogens (primary N) is 1. The Morgan fingerprint density at radius 2 is 2.07 bits per heavy atom. The third-order valence-corrected chi connectivity index (χ3v) is 3.49. The summed E-state index contributed by atoms with van der Waals surface area (Å²) in [5, 5.41) is 0. The molecule has 2 N–H and O–H groups in total. The highest BCUT2D eigenvalue weighted by Gasteiger charge is 2.33. The molecule has 1 heterocycles. The molecule has 1 saturated heterocycles. The number of rotatable bonds is 4. The molecular formula is C11H21N3O. The van der Waals surface area contributed by atoms with Gasteiger partial charge in [-0.05, 0) is 38.6 Å². The minimum absolute atomic E-state index is 0.249. The molecule has 0 atom stereocenters. The summed E-state index contributed by atoms with van der Waals surface area (Å²) in [4.78, 5) is 16.1. The molecule has 15 heavy (non-hydrogen) atoms. The quantitative estimate of drug-likeness (QED) is 0.754. The molecule has 2 rings (SSSR count). The molecule has 1 saturated carbocycles. The molecule has 2 aliphatic rings. The highest BCUT2D eigenvalue weighted by molar-refractivity contribution is 5.75. The zero-order chi connectivity index (χ0) is 10.7. The topological polar surface area (TPSA) is 49.6 Å². The Labute approximate surface area is 91.4 Å². The van der Waals surface area contributed by atoms with E-state index in [2.05, 4.69) is 4.90 Å². The number of hydrogen-bond donors (Lipinski definition) is 1. The maximum atomic E-state index is 12.1. The standard InChI is InChI=1S/C11H21N3O/c12-6-2-7-13-8-3-9-14(11(13)15)10-4-1-5-10/h10H,1-9,12H2. The molecule has 0 radical (unpaired) electrons. The van der Waals surface area contributed by atoms with Gasteiger partial charge >= 0.3 is 6.03 Å². The fourth-order valence-electron chi connectivity index (χ4n) is 2.33. The van der Waals surface area contributed by atoms with Crippen molar-refractivity contribution in [3.05, 3.63) is 0 Å². The first-order chi connectivity index (χ1) is 7.33. The molecule has 4 heteroatoms. The van der Waals surface area contributed by atoms with E-state index in [1.807, 2.05) is 4.90 Å². The van der Waals surface area contributed by atoms with Gasteiger partial charge in [0.05, 0.1) is 0 Å². The van der Waals surface area contributed by atoms with Crippen molar-refractivity contribution in [1.82, 2.24) is 9.80 Å². The summed E-state index contributed by atoms with van der Waals surface area (Å²) in [6.07, 6.45) is 5.74. The second-order valence-corrected chi connectivity index (χ2v) is 4.54. The smallest absolute Gasteiger partial charge is 0.320 e. The van der Waals surface area contributed by atoms with Crippen molar-refractivity contribution in [2.45, 2.75) is 38.1 Å². The summed E-state index contributed by atoms with van der Waals surface area (Å²) < 4.78 is 0. The summed E-state index contributed by atoms with van der Waals surface area (Å²) in [5.41, 5.74) is 5.47. The molecule has 86 valence electrons. The average molecular weight is 211 g/mol. The van der Waals surface area contributed by atoms with Gasteiger partial charge in [0.15, 0.2) is 0 Å². The van der Waals surface area contributed by atoms with Gasteiger partial charge in [-0.2, -0.15) is 0 Å². The fraction of sp³-hybridized carbons (Fsp3) is 0.909. The first-order valence-corrected chi connectivity index (χ1v) is 6.08. The number of nitrogens with zero attached hydrogens (tertiary/aromatic N) is 2. The second-order valence-electron chi connectivity index (χ2n) is 4.54. The third kappa shape index (κ3) is 2.25. The zero-order valence-electron chi connectivity index (χ0n) is 9.32. The Hall–Kier alpha value is -0.770. The van der Waals surface area contributed by atoms with Crippen LogP contribution < -0.4 is 5.73 Å². The van der Waals surface area contributed by atoms with Crippen LogP contribution >= 0.6 is 0 Å². The molecule has 2 fully saturated rings. The van der Waals surface area contributed by atoms with Gasteiger partial charge in [0, 0.05) is 25.7 Å². The van der Waals surface area contributed by atoms with Crippen LogP contribution in [-0.2, 0) is 0 Å². The maximum Gasteiger partial charge on any atom is 0.320 e. The van der Waals surface area contributed by atoms with Crippen LogP contribution in [0.5, 0.6) is 0 Å². The third-order valence-electron chi connectivity index (χ3n) is 3.49. The molecule has 1 aliphatic carbocycles. The molecule has 4 nitrogen and oxygen atoms in total. The summed E-state index contributed by atoms with van der Waals surface area (Å²) >= 11 is 0. The average Bonchev–Trinajstić information content (AvgIpc) is 2.17. The lowest BCUT2D eigenvalue weighted by Gasteiger charge is -2.43.